The number of nitrogens with two attached hydrogens (primary N) is 1. The third kappa shape index (κ3) is 1.35. The minimum absolute atomic E-state index is 0. The lowest BCUT2D eigenvalue weighted by atomic mass is 10.4. The fourth-order valence-electron chi connectivity index (χ4n) is 0.926. The predicted molar refractivity (Wildman–Crippen MR) is 49.9 cm³/mol. The van der Waals surface area contributed by atoms with Crippen LogP contribution in [0.15, 0.2) is 30.7 Å². The average molecular weight is 214 g/mol. The summed E-state index contributed by atoms with van der Waals surface area (Å²) < 4.78 is 1.91. The van der Waals surface area contributed by atoms with E-state index in [4.69, 9.17) is 5.73 Å². The zero-order valence-corrected chi connectivity index (χ0v) is 7.48. The molecule has 4 heteroatoms. The molecule has 2 heterocycles. The molecule has 2 aromatic heterocycles. The Bertz CT molecular complexity index is 355. The van der Waals surface area contributed by atoms with Crippen LogP contribution in [0.25, 0.3) is 5.65 Å². The molecule has 0 saturated carbocycles. The third-order valence-electron chi connectivity index (χ3n) is 1.42. The summed E-state index contributed by atoms with van der Waals surface area (Å²) in [4.78, 5) is 4.06. The van der Waals surface area contributed by atoms with Gasteiger partial charge in [0.15, 0.2) is 0 Å². The summed E-state index contributed by atoms with van der Waals surface area (Å²) in [6.45, 7) is 0. The fraction of sp³-hybridized carbons (Fsp3) is 0. The second-order valence-electron chi connectivity index (χ2n) is 2.15. The van der Waals surface area contributed by atoms with E-state index in [1.165, 1.54) is 0 Å². The van der Waals surface area contributed by atoms with Crippen molar-refractivity contribution in [2.24, 2.45) is 0 Å². The zero-order chi connectivity index (χ0) is 6.97. The lowest BCUT2D eigenvalue weighted by molar-refractivity contribution is 1.19. The van der Waals surface area contributed by atoms with Crippen LogP contribution in [0.4, 0.5) is 5.69 Å². The molecule has 0 unspecified atom stereocenters. The Labute approximate surface area is 74.6 Å². The number of nitrogens with zero attached hydrogens (tertiary/aromatic N) is 2. The Morgan fingerprint density at radius 2 is 2.18 bits per heavy atom. The average Bonchev–Trinajstić information content (AvgIpc) is 2.33. The molecular formula is C7H8BrN3. The molecule has 0 aliphatic rings. The van der Waals surface area contributed by atoms with Gasteiger partial charge in [0.2, 0.25) is 0 Å². The Morgan fingerprint density at radius 1 is 1.36 bits per heavy atom. The van der Waals surface area contributed by atoms with Crippen molar-refractivity contribution < 1.29 is 0 Å². The van der Waals surface area contributed by atoms with Crippen LogP contribution in [0.5, 0.6) is 0 Å². The van der Waals surface area contributed by atoms with E-state index in [9.17, 15) is 0 Å². The van der Waals surface area contributed by atoms with Crippen LogP contribution >= 0.6 is 17.0 Å². The highest BCUT2D eigenvalue weighted by molar-refractivity contribution is 8.93. The monoisotopic (exact) mass is 213 g/mol. The molecule has 2 N–H and O–H groups in total. The topological polar surface area (TPSA) is 43.3 Å². The summed E-state index contributed by atoms with van der Waals surface area (Å²) in [6.07, 6.45) is 5.52. The van der Waals surface area contributed by atoms with Gasteiger partial charge in [0.25, 0.3) is 0 Å². The second-order valence-corrected chi connectivity index (χ2v) is 2.15. The van der Waals surface area contributed by atoms with E-state index in [0.29, 0.717) is 0 Å². The van der Waals surface area contributed by atoms with Crippen molar-refractivity contribution in [3.05, 3.63) is 30.7 Å². The van der Waals surface area contributed by atoms with Crippen molar-refractivity contribution in [2.75, 3.05) is 5.73 Å². The maximum Gasteiger partial charge on any atom is 0.138 e. The number of aromatic nitrogens is 2. The van der Waals surface area contributed by atoms with Crippen LogP contribution in [0.1, 0.15) is 0 Å². The third-order valence-corrected chi connectivity index (χ3v) is 1.42. The van der Waals surface area contributed by atoms with Crippen LogP contribution in [0.3, 0.4) is 0 Å². The molecule has 0 atom stereocenters. The molecule has 0 amide bonds. The largest absolute Gasteiger partial charge is 0.399 e. The molecule has 0 aliphatic carbocycles. The molecular weight excluding hydrogens is 206 g/mol. The first-order valence-corrected chi connectivity index (χ1v) is 3.04. The molecule has 11 heavy (non-hydrogen) atoms. The van der Waals surface area contributed by atoms with Gasteiger partial charge in [0.05, 0.1) is 0 Å². The van der Waals surface area contributed by atoms with Gasteiger partial charge < -0.3 is 10.1 Å². The number of anilines is 1. The number of pyridine rings is 1. The number of nitrogen functional groups attached to an aromatic ring is 1. The summed E-state index contributed by atoms with van der Waals surface area (Å²) in [5.74, 6) is 0. The van der Waals surface area contributed by atoms with Crippen LogP contribution in [-0.4, -0.2) is 9.38 Å². The van der Waals surface area contributed by atoms with Crippen molar-refractivity contribution in [3.8, 4) is 0 Å². The SMILES string of the molecule is Br.Nc1ccn2ccnc2c1. The van der Waals surface area contributed by atoms with Gasteiger partial charge >= 0.3 is 0 Å². The zero-order valence-electron chi connectivity index (χ0n) is 5.77. The Kier molecular flexibility index (Phi) is 2.14. The molecule has 0 spiro atoms. The minimum atomic E-state index is 0. The Balaban J connectivity index is 0.000000605. The lowest BCUT2D eigenvalue weighted by Gasteiger charge is -1.92. The molecule has 2 rings (SSSR count). The van der Waals surface area contributed by atoms with E-state index in [1.54, 1.807) is 6.20 Å². The van der Waals surface area contributed by atoms with Crippen molar-refractivity contribution >= 4 is 28.3 Å². The number of hydrogen-bond donors (Lipinski definition) is 1. The first kappa shape index (κ1) is 8.07. The summed E-state index contributed by atoms with van der Waals surface area (Å²) in [5.41, 5.74) is 7.17. The van der Waals surface area contributed by atoms with Crippen molar-refractivity contribution in [1.29, 1.82) is 0 Å². The van der Waals surface area contributed by atoms with Crippen LogP contribution < -0.4 is 5.73 Å². The van der Waals surface area contributed by atoms with E-state index in [0.717, 1.165) is 11.3 Å². The molecule has 0 saturated heterocycles. The van der Waals surface area contributed by atoms with Gasteiger partial charge in [-0.1, -0.05) is 0 Å². The number of hydrogen-bond acceptors (Lipinski definition) is 2. The van der Waals surface area contributed by atoms with E-state index in [2.05, 4.69) is 4.98 Å². The van der Waals surface area contributed by atoms with Gasteiger partial charge in [0.1, 0.15) is 5.65 Å². The van der Waals surface area contributed by atoms with Gasteiger partial charge in [0, 0.05) is 30.3 Å². The van der Waals surface area contributed by atoms with E-state index in [-0.39, 0.29) is 17.0 Å². The van der Waals surface area contributed by atoms with E-state index >= 15 is 0 Å². The van der Waals surface area contributed by atoms with Gasteiger partial charge in [-0.05, 0) is 6.07 Å². The quantitative estimate of drug-likeness (QED) is 0.721. The number of halogens is 1. The first-order valence-electron chi connectivity index (χ1n) is 3.04. The Hall–Kier alpha value is -1.03. The van der Waals surface area contributed by atoms with Gasteiger partial charge in [-0.3, -0.25) is 0 Å². The van der Waals surface area contributed by atoms with Crippen LogP contribution in [0.2, 0.25) is 0 Å². The van der Waals surface area contributed by atoms with Gasteiger partial charge in [-0.15, -0.1) is 17.0 Å². The molecule has 58 valence electrons. The molecule has 0 fully saturated rings. The lowest BCUT2D eigenvalue weighted by Crippen LogP contribution is -1.87. The molecule has 3 nitrogen and oxygen atoms in total. The minimum Gasteiger partial charge on any atom is -0.399 e. The van der Waals surface area contributed by atoms with Crippen LogP contribution in [-0.2, 0) is 0 Å². The summed E-state index contributed by atoms with van der Waals surface area (Å²) >= 11 is 0. The van der Waals surface area contributed by atoms with Crippen LogP contribution in [0, 0.1) is 0 Å². The highest BCUT2D eigenvalue weighted by Crippen LogP contribution is 2.05. The van der Waals surface area contributed by atoms with E-state index in [1.807, 2.05) is 28.9 Å². The van der Waals surface area contributed by atoms with Crippen molar-refractivity contribution in [3.63, 3.8) is 0 Å². The van der Waals surface area contributed by atoms with Crippen molar-refractivity contribution in [1.82, 2.24) is 9.38 Å². The molecule has 0 radical (unpaired) electrons. The standard InChI is InChI=1S/C7H7N3.BrH/c8-6-1-3-10-4-2-9-7(10)5-6;/h1-5H,8H2;1H. The maximum absolute atomic E-state index is 5.53. The molecule has 2 aromatic rings. The highest BCUT2D eigenvalue weighted by Gasteiger charge is 1.90. The Morgan fingerprint density at radius 3 is 3.00 bits per heavy atom. The number of rotatable bonds is 0. The smallest absolute Gasteiger partial charge is 0.138 e. The number of imidazole rings is 1. The predicted octanol–water partition coefficient (Wildman–Crippen LogP) is 1.49. The molecule has 0 aliphatic heterocycles. The van der Waals surface area contributed by atoms with Gasteiger partial charge in [-0.25, -0.2) is 4.98 Å². The fourth-order valence-corrected chi connectivity index (χ4v) is 0.926. The highest BCUT2D eigenvalue weighted by atomic mass is 79.9. The number of fused-ring (bicyclic) bond motifs is 1. The van der Waals surface area contributed by atoms with E-state index < -0.39 is 0 Å². The summed E-state index contributed by atoms with van der Waals surface area (Å²) in [5, 5.41) is 0. The van der Waals surface area contributed by atoms with Crippen molar-refractivity contribution in [2.45, 2.75) is 0 Å². The van der Waals surface area contributed by atoms with Gasteiger partial charge in [-0.2, -0.15) is 0 Å². The normalized spacial score (nSPS) is 9.45. The first-order chi connectivity index (χ1) is 4.86. The second kappa shape index (κ2) is 2.92. The summed E-state index contributed by atoms with van der Waals surface area (Å²) in [6, 6.07) is 3.68. The summed E-state index contributed by atoms with van der Waals surface area (Å²) in [7, 11) is 0. The molecule has 0 bridgehead atoms. The maximum atomic E-state index is 5.53. The molecule has 0 aromatic carbocycles.